The standard InChI is InChI=1S/C30H32F6N6O3/c1-19-6-4-11-42(18-19)28-39-26(30(34,35)36)25(45-28)27(44)38-21-9-10-23(37-17-21)40-12-5-13-41(15-14-40)24(43)16-20-7-2-3-8-22(20)29(31,32)33/h2-3,7-10,17,19H,4-6,11-16,18H2,1H3,(H,38,44). The van der Waals surface area contributed by atoms with E-state index in [9.17, 15) is 35.9 Å². The molecule has 0 bridgehead atoms. The van der Waals surface area contributed by atoms with E-state index in [1.807, 2.05) is 11.8 Å². The number of rotatable bonds is 6. The van der Waals surface area contributed by atoms with Gasteiger partial charge in [-0.05, 0) is 48.9 Å². The summed E-state index contributed by atoms with van der Waals surface area (Å²) in [6.45, 7) is 4.41. The number of nitrogens with one attached hydrogen (secondary N) is 1. The monoisotopic (exact) mass is 638 g/mol. The van der Waals surface area contributed by atoms with E-state index in [1.54, 1.807) is 11.0 Å². The van der Waals surface area contributed by atoms with Gasteiger partial charge in [-0.15, -0.1) is 0 Å². The Morgan fingerprint density at radius 3 is 2.38 bits per heavy atom. The van der Waals surface area contributed by atoms with E-state index in [1.165, 1.54) is 35.4 Å². The molecule has 0 radical (unpaired) electrons. The van der Waals surface area contributed by atoms with Gasteiger partial charge in [-0.25, -0.2) is 4.98 Å². The zero-order valence-corrected chi connectivity index (χ0v) is 24.4. The number of pyridine rings is 1. The van der Waals surface area contributed by atoms with Crippen molar-refractivity contribution in [2.45, 2.75) is 45.0 Å². The van der Waals surface area contributed by atoms with Crippen LogP contribution in [0.4, 0.5) is 43.9 Å². The summed E-state index contributed by atoms with van der Waals surface area (Å²) in [4.78, 5) is 38.7. The van der Waals surface area contributed by atoms with E-state index in [0.717, 1.165) is 18.9 Å². The average Bonchev–Trinajstić information content (AvgIpc) is 3.31. The summed E-state index contributed by atoms with van der Waals surface area (Å²) in [5.41, 5.74) is -2.18. The molecule has 2 saturated heterocycles. The third-order valence-electron chi connectivity index (χ3n) is 7.86. The van der Waals surface area contributed by atoms with Crippen LogP contribution >= 0.6 is 0 Å². The van der Waals surface area contributed by atoms with E-state index in [4.69, 9.17) is 4.42 Å². The van der Waals surface area contributed by atoms with Crippen LogP contribution in [-0.2, 0) is 23.6 Å². The van der Waals surface area contributed by atoms with Gasteiger partial charge >= 0.3 is 12.4 Å². The van der Waals surface area contributed by atoms with Crippen LogP contribution in [0.15, 0.2) is 47.0 Å². The Bertz CT molecular complexity index is 1510. The van der Waals surface area contributed by atoms with Gasteiger partial charge in [0.2, 0.25) is 11.7 Å². The number of anilines is 3. The minimum absolute atomic E-state index is 0.0830. The molecule has 242 valence electrons. The smallest absolute Gasteiger partial charge is 0.417 e. The summed E-state index contributed by atoms with van der Waals surface area (Å²) in [7, 11) is 0. The van der Waals surface area contributed by atoms with Crippen molar-refractivity contribution in [2.24, 2.45) is 5.92 Å². The highest BCUT2D eigenvalue weighted by Crippen LogP contribution is 2.36. The summed E-state index contributed by atoms with van der Waals surface area (Å²) in [5, 5.41) is 2.39. The maximum Gasteiger partial charge on any atom is 0.437 e. The third-order valence-corrected chi connectivity index (χ3v) is 7.86. The van der Waals surface area contributed by atoms with Gasteiger partial charge in [0.1, 0.15) is 5.82 Å². The molecule has 4 heterocycles. The van der Waals surface area contributed by atoms with Crippen LogP contribution in [0.1, 0.15) is 53.6 Å². The zero-order valence-electron chi connectivity index (χ0n) is 24.4. The maximum absolute atomic E-state index is 13.7. The molecule has 2 aromatic heterocycles. The van der Waals surface area contributed by atoms with Crippen molar-refractivity contribution in [1.29, 1.82) is 0 Å². The second-order valence-corrected chi connectivity index (χ2v) is 11.3. The Hall–Kier alpha value is -4.30. The SMILES string of the molecule is CC1CCCN(c2nc(C(F)(F)F)c(C(=O)Nc3ccc(N4CCCN(C(=O)Cc5ccccc5C(F)(F)F)CC4)nc3)o2)C1. The topological polar surface area (TPSA) is 94.8 Å². The second-order valence-electron chi connectivity index (χ2n) is 11.3. The van der Waals surface area contributed by atoms with Gasteiger partial charge in [0, 0.05) is 39.3 Å². The predicted molar refractivity (Wildman–Crippen MR) is 153 cm³/mol. The van der Waals surface area contributed by atoms with Gasteiger partial charge in [0.05, 0.1) is 23.9 Å². The van der Waals surface area contributed by atoms with Crippen molar-refractivity contribution in [3.05, 3.63) is 65.2 Å². The van der Waals surface area contributed by atoms with Crippen molar-refractivity contribution >= 4 is 29.3 Å². The molecule has 15 heteroatoms. The Morgan fingerprint density at radius 2 is 1.69 bits per heavy atom. The molecule has 9 nitrogen and oxygen atoms in total. The lowest BCUT2D eigenvalue weighted by atomic mass is 10.0. The summed E-state index contributed by atoms with van der Waals surface area (Å²) in [6, 6.07) is 7.83. The molecule has 0 aliphatic carbocycles. The van der Waals surface area contributed by atoms with Crippen LogP contribution in [-0.4, -0.2) is 66.0 Å². The molecule has 0 spiro atoms. The molecule has 2 aliphatic rings. The van der Waals surface area contributed by atoms with Crippen molar-refractivity contribution in [1.82, 2.24) is 14.9 Å². The first kappa shape index (κ1) is 32.1. The van der Waals surface area contributed by atoms with Crippen LogP contribution in [0.25, 0.3) is 0 Å². The van der Waals surface area contributed by atoms with Crippen molar-refractivity contribution < 1.29 is 40.3 Å². The molecule has 5 rings (SSSR count). The first-order chi connectivity index (χ1) is 21.3. The Kier molecular flexibility index (Phi) is 9.26. The number of nitrogens with zero attached hydrogens (tertiary/aromatic N) is 5. The molecule has 1 unspecified atom stereocenters. The van der Waals surface area contributed by atoms with E-state index < -0.39 is 41.2 Å². The molecule has 2 aliphatic heterocycles. The summed E-state index contributed by atoms with van der Waals surface area (Å²) in [6.07, 6.45) is -6.29. The fraction of sp³-hybridized carbons (Fsp3) is 0.467. The van der Waals surface area contributed by atoms with E-state index in [0.29, 0.717) is 45.0 Å². The van der Waals surface area contributed by atoms with Crippen LogP contribution in [0.2, 0.25) is 0 Å². The average molecular weight is 639 g/mol. The largest absolute Gasteiger partial charge is 0.437 e. The minimum atomic E-state index is -4.90. The van der Waals surface area contributed by atoms with Crippen LogP contribution in [0, 0.1) is 5.92 Å². The number of hydrogen-bond donors (Lipinski definition) is 1. The lowest BCUT2D eigenvalue weighted by molar-refractivity contribution is -0.141. The maximum atomic E-state index is 13.7. The number of piperidine rings is 1. The van der Waals surface area contributed by atoms with Gasteiger partial charge in [-0.3, -0.25) is 9.59 Å². The number of halogens is 6. The highest BCUT2D eigenvalue weighted by atomic mass is 19.4. The molecule has 3 aromatic rings. The Balaban J connectivity index is 1.21. The van der Waals surface area contributed by atoms with Crippen LogP contribution in [0.5, 0.6) is 0 Å². The molecule has 45 heavy (non-hydrogen) atoms. The van der Waals surface area contributed by atoms with E-state index in [-0.39, 0.29) is 36.1 Å². The molecule has 2 fully saturated rings. The fourth-order valence-electron chi connectivity index (χ4n) is 5.61. The molecule has 1 atom stereocenters. The molecular weight excluding hydrogens is 606 g/mol. The van der Waals surface area contributed by atoms with Crippen molar-refractivity contribution in [2.75, 3.05) is 54.4 Å². The normalized spacial score (nSPS) is 18.1. The predicted octanol–water partition coefficient (Wildman–Crippen LogP) is 5.88. The fourth-order valence-corrected chi connectivity index (χ4v) is 5.61. The number of carbonyl (C=O) groups is 2. The first-order valence-corrected chi connectivity index (χ1v) is 14.6. The van der Waals surface area contributed by atoms with Crippen LogP contribution in [0.3, 0.4) is 0 Å². The molecular formula is C30H32F6N6O3. The molecule has 1 aromatic carbocycles. The number of carbonyl (C=O) groups excluding carboxylic acids is 2. The zero-order chi connectivity index (χ0) is 32.4. The molecule has 1 N–H and O–H groups in total. The Labute approximate surface area is 255 Å². The summed E-state index contributed by atoms with van der Waals surface area (Å²) >= 11 is 0. The summed E-state index contributed by atoms with van der Waals surface area (Å²) in [5.74, 6) is -1.72. The van der Waals surface area contributed by atoms with E-state index in [2.05, 4.69) is 15.3 Å². The summed E-state index contributed by atoms with van der Waals surface area (Å²) < 4.78 is 86.7. The van der Waals surface area contributed by atoms with Gasteiger partial charge in [-0.1, -0.05) is 25.1 Å². The number of oxazole rings is 1. The van der Waals surface area contributed by atoms with Crippen LogP contribution < -0.4 is 15.1 Å². The highest BCUT2D eigenvalue weighted by molar-refractivity contribution is 6.03. The minimum Gasteiger partial charge on any atom is -0.417 e. The molecule has 2 amide bonds. The Morgan fingerprint density at radius 1 is 0.933 bits per heavy atom. The number of aromatic nitrogens is 2. The third kappa shape index (κ3) is 7.68. The second kappa shape index (κ2) is 13.0. The number of hydrogen-bond acceptors (Lipinski definition) is 7. The molecule has 0 saturated carbocycles. The van der Waals surface area contributed by atoms with Crippen molar-refractivity contribution in [3.63, 3.8) is 0 Å². The van der Waals surface area contributed by atoms with Crippen molar-refractivity contribution in [3.8, 4) is 0 Å². The first-order valence-electron chi connectivity index (χ1n) is 14.6. The van der Waals surface area contributed by atoms with Gasteiger partial charge in [0.15, 0.2) is 5.69 Å². The van der Waals surface area contributed by atoms with Gasteiger partial charge in [-0.2, -0.15) is 31.3 Å². The quantitative estimate of drug-likeness (QED) is 0.337. The number of alkyl halides is 6. The lowest BCUT2D eigenvalue weighted by Gasteiger charge is -2.29. The van der Waals surface area contributed by atoms with Gasteiger partial charge in [0.25, 0.3) is 11.9 Å². The van der Waals surface area contributed by atoms with E-state index >= 15 is 0 Å². The van der Waals surface area contributed by atoms with Gasteiger partial charge < -0.3 is 24.4 Å². The number of benzene rings is 1. The number of amides is 2. The highest BCUT2D eigenvalue weighted by Gasteiger charge is 2.42. The lowest BCUT2D eigenvalue weighted by Crippen LogP contribution is -2.36.